The summed E-state index contributed by atoms with van der Waals surface area (Å²) in [7, 11) is 0.677. The average molecular weight is 175 g/mol. The van der Waals surface area contributed by atoms with E-state index in [1.807, 2.05) is 0 Å². The van der Waals surface area contributed by atoms with Crippen LogP contribution in [0.1, 0.15) is 26.7 Å². The van der Waals surface area contributed by atoms with Gasteiger partial charge in [-0.3, -0.25) is 0 Å². The van der Waals surface area contributed by atoms with Crippen LogP contribution >= 0.6 is 0 Å². The first-order valence-electron chi connectivity index (χ1n) is 4.57. The first kappa shape index (κ1) is 10.4. The molecule has 0 amide bonds. The van der Waals surface area contributed by atoms with E-state index in [4.69, 9.17) is 0 Å². The lowest BCUT2D eigenvalue weighted by atomic mass is 10.4. The van der Waals surface area contributed by atoms with E-state index < -0.39 is 0 Å². The zero-order valence-corrected chi connectivity index (χ0v) is 10.5. The van der Waals surface area contributed by atoms with Crippen molar-refractivity contribution in [2.45, 2.75) is 33.2 Å². The van der Waals surface area contributed by atoms with Crippen molar-refractivity contribution in [2.75, 3.05) is 13.1 Å². The Morgan fingerprint density at radius 1 is 1.10 bits per heavy atom. The van der Waals surface area contributed by atoms with E-state index >= 15 is 0 Å². The van der Waals surface area contributed by atoms with Crippen molar-refractivity contribution in [1.29, 1.82) is 0 Å². The fourth-order valence-electron chi connectivity index (χ4n) is 1.28. The van der Waals surface area contributed by atoms with Gasteiger partial charge in [-0.2, -0.15) is 0 Å². The summed E-state index contributed by atoms with van der Waals surface area (Å²) in [5.74, 6) is 0. The lowest BCUT2D eigenvalue weighted by molar-refractivity contribution is 0.447. The van der Waals surface area contributed by atoms with E-state index in [1.165, 1.54) is 25.9 Å². The predicted octanol–water partition coefficient (Wildman–Crippen LogP) is 0.324. The maximum atomic E-state index is 2.74. The van der Waals surface area contributed by atoms with Crippen molar-refractivity contribution in [3.8, 4) is 0 Å². The highest BCUT2D eigenvalue weighted by atomic mass is 29.1. The van der Waals surface area contributed by atoms with E-state index in [0.717, 1.165) is 0 Å². The molecule has 1 nitrogen and oxygen atoms in total. The van der Waals surface area contributed by atoms with Gasteiger partial charge in [-0.15, -0.1) is 0 Å². The first-order chi connectivity index (χ1) is 4.85. The third-order valence-electron chi connectivity index (χ3n) is 1.62. The molecule has 0 aliphatic heterocycles. The van der Waals surface area contributed by atoms with Gasteiger partial charge >= 0.3 is 0 Å². The minimum atomic E-state index is 0.286. The molecular formula is C7H21NSi2. The zero-order valence-electron chi connectivity index (χ0n) is 7.69. The fraction of sp³-hybridized carbons (Fsp3) is 1.00. The Morgan fingerprint density at radius 3 is 1.90 bits per heavy atom. The van der Waals surface area contributed by atoms with Crippen LogP contribution in [0.25, 0.3) is 0 Å². The van der Waals surface area contributed by atoms with Crippen LogP contribution in [0, 0.1) is 0 Å². The molecule has 0 radical (unpaired) electrons. The smallest absolute Gasteiger partial charge is 0.0791 e. The average Bonchev–Trinajstić information content (AvgIpc) is 1.90. The van der Waals surface area contributed by atoms with Gasteiger partial charge in [-0.25, -0.2) is 0 Å². The summed E-state index contributed by atoms with van der Waals surface area (Å²) >= 11 is 0. The van der Waals surface area contributed by atoms with Crippen LogP contribution in [0.2, 0.25) is 6.55 Å². The molecule has 0 atom stereocenters. The van der Waals surface area contributed by atoms with Gasteiger partial charge in [0.15, 0.2) is 0 Å². The summed E-state index contributed by atoms with van der Waals surface area (Å²) in [5.41, 5.74) is 0. The molecule has 0 aliphatic rings. The van der Waals surface area contributed by atoms with Crippen LogP contribution in [-0.4, -0.2) is 35.9 Å². The van der Waals surface area contributed by atoms with Gasteiger partial charge in [0.05, 0.1) is 9.20 Å². The summed E-state index contributed by atoms with van der Waals surface area (Å²) in [4.78, 5) is 0. The molecule has 0 spiro atoms. The van der Waals surface area contributed by atoms with E-state index in [0.29, 0.717) is 9.04 Å². The summed E-state index contributed by atoms with van der Waals surface area (Å²) in [6.45, 7) is 9.77. The minimum Gasteiger partial charge on any atom is -0.332 e. The van der Waals surface area contributed by atoms with E-state index in [9.17, 15) is 0 Å². The van der Waals surface area contributed by atoms with Gasteiger partial charge < -0.3 is 4.57 Å². The van der Waals surface area contributed by atoms with Gasteiger partial charge in [0, 0.05) is 9.04 Å². The van der Waals surface area contributed by atoms with Gasteiger partial charge in [-0.1, -0.05) is 20.4 Å². The topological polar surface area (TPSA) is 3.24 Å². The van der Waals surface area contributed by atoms with Gasteiger partial charge in [-0.05, 0) is 25.9 Å². The van der Waals surface area contributed by atoms with Crippen LogP contribution in [-0.2, 0) is 0 Å². The van der Waals surface area contributed by atoms with E-state index in [-0.39, 0.29) is 9.20 Å². The molecule has 0 saturated heterocycles. The molecule has 0 N–H and O–H groups in total. The molecule has 0 rings (SSSR count). The van der Waals surface area contributed by atoms with E-state index in [1.54, 1.807) is 0 Å². The molecule has 10 heavy (non-hydrogen) atoms. The monoisotopic (exact) mass is 175 g/mol. The highest BCUT2D eigenvalue weighted by Gasteiger charge is 1.99. The van der Waals surface area contributed by atoms with Crippen molar-refractivity contribution in [3.63, 3.8) is 0 Å². The molecule has 0 aromatic carbocycles. The Balaban J connectivity index is 3.30. The van der Waals surface area contributed by atoms with Crippen molar-refractivity contribution in [2.24, 2.45) is 0 Å². The second kappa shape index (κ2) is 7.50. The number of nitrogens with zero attached hydrogens (tertiary/aromatic N) is 1. The molecule has 62 valence electrons. The molecule has 0 bridgehead atoms. The second-order valence-corrected chi connectivity index (χ2v) is 9.52. The Bertz CT molecular complexity index is 54.4. The molecule has 0 saturated carbocycles. The summed E-state index contributed by atoms with van der Waals surface area (Å²) in [6, 6.07) is 0. The van der Waals surface area contributed by atoms with Crippen LogP contribution in [0.15, 0.2) is 0 Å². The number of hydrogen-bond donors (Lipinski definition) is 0. The standard InChI is InChI=1S/C7H21NSi2/c1-4-6-8(7-5-2)10-9-3/h4-7,9-10H2,1-3H3. The van der Waals surface area contributed by atoms with Crippen LogP contribution < -0.4 is 0 Å². The Kier molecular flexibility index (Phi) is 7.80. The van der Waals surface area contributed by atoms with Crippen molar-refractivity contribution >= 4 is 18.2 Å². The molecule has 0 unspecified atom stereocenters. The minimum absolute atomic E-state index is 0.286. The third kappa shape index (κ3) is 5.20. The third-order valence-corrected chi connectivity index (χ3v) is 6.57. The normalized spacial score (nSPS) is 13.2. The fourth-order valence-corrected chi connectivity index (χ4v) is 6.24. The number of rotatable bonds is 6. The van der Waals surface area contributed by atoms with Crippen molar-refractivity contribution < 1.29 is 0 Å². The summed E-state index contributed by atoms with van der Waals surface area (Å²) in [6.07, 6.45) is 2.70. The second-order valence-electron chi connectivity index (χ2n) is 2.84. The Labute approximate surface area is 69.7 Å². The SMILES string of the molecule is CCCN(CCC)[SiH2][SiH2]C. The van der Waals surface area contributed by atoms with Crippen molar-refractivity contribution in [1.82, 2.24) is 4.57 Å². The zero-order chi connectivity index (χ0) is 7.82. The maximum Gasteiger partial charge on any atom is 0.0791 e. The summed E-state index contributed by atoms with van der Waals surface area (Å²) in [5, 5.41) is 0. The van der Waals surface area contributed by atoms with Crippen LogP contribution in [0.3, 0.4) is 0 Å². The van der Waals surface area contributed by atoms with Crippen molar-refractivity contribution in [3.05, 3.63) is 0 Å². The lowest BCUT2D eigenvalue weighted by Crippen LogP contribution is -2.32. The Morgan fingerprint density at radius 2 is 1.60 bits per heavy atom. The molecule has 0 aromatic heterocycles. The first-order valence-corrected chi connectivity index (χ1v) is 10.6. The predicted molar refractivity (Wildman–Crippen MR) is 55.1 cm³/mol. The molecule has 0 heterocycles. The number of hydrogen-bond acceptors (Lipinski definition) is 1. The molecule has 0 fully saturated rings. The highest BCUT2D eigenvalue weighted by molar-refractivity contribution is 6.98. The van der Waals surface area contributed by atoms with E-state index in [2.05, 4.69) is 25.0 Å². The molecule has 3 heteroatoms. The lowest BCUT2D eigenvalue weighted by Gasteiger charge is -2.19. The highest BCUT2D eigenvalue weighted by Crippen LogP contribution is 1.90. The van der Waals surface area contributed by atoms with Gasteiger partial charge in [0.1, 0.15) is 0 Å². The molecular weight excluding hydrogens is 154 g/mol. The molecule has 0 aliphatic carbocycles. The van der Waals surface area contributed by atoms with Crippen LogP contribution in [0.5, 0.6) is 0 Å². The van der Waals surface area contributed by atoms with Gasteiger partial charge in [0.2, 0.25) is 0 Å². The maximum absolute atomic E-state index is 2.74. The largest absolute Gasteiger partial charge is 0.332 e. The summed E-state index contributed by atoms with van der Waals surface area (Å²) < 4.78 is 2.74. The Hall–Kier alpha value is 0.394. The molecule has 0 aromatic rings. The quantitative estimate of drug-likeness (QED) is 0.526. The van der Waals surface area contributed by atoms with Crippen LogP contribution in [0.4, 0.5) is 0 Å². The van der Waals surface area contributed by atoms with Gasteiger partial charge in [0.25, 0.3) is 0 Å².